The van der Waals surface area contributed by atoms with Gasteiger partial charge >= 0.3 is 0 Å². The molecule has 0 saturated carbocycles. The van der Waals surface area contributed by atoms with Crippen LogP contribution in [0.15, 0.2) is 33.7 Å². The van der Waals surface area contributed by atoms with Crippen molar-refractivity contribution in [3.05, 3.63) is 46.1 Å². The normalized spacial score (nSPS) is 12.0. The van der Waals surface area contributed by atoms with Crippen LogP contribution >= 0.6 is 0 Å². The van der Waals surface area contributed by atoms with Gasteiger partial charge in [-0.2, -0.15) is 4.98 Å². The summed E-state index contributed by atoms with van der Waals surface area (Å²) >= 11 is 0. The topological polar surface area (TPSA) is 157 Å². The molecule has 0 aliphatic heterocycles. The highest BCUT2D eigenvalue weighted by Crippen LogP contribution is 2.19. The summed E-state index contributed by atoms with van der Waals surface area (Å²) in [6.45, 7) is 5.84. The van der Waals surface area contributed by atoms with Gasteiger partial charge in [0.15, 0.2) is 5.82 Å². The summed E-state index contributed by atoms with van der Waals surface area (Å²) in [6, 6.07) is 4.71. The van der Waals surface area contributed by atoms with E-state index in [9.17, 15) is 23.3 Å². The summed E-state index contributed by atoms with van der Waals surface area (Å²) in [4.78, 5) is 26.0. The number of hydrogen-bond acceptors (Lipinski definition) is 8. The highest BCUT2D eigenvalue weighted by molar-refractivity contribution is 7.89. The van der Waals surface area contributed by atoms with E-state index in [0.29, 0.717) is 11.7 Å². The number of benzene rings is 1. The van der Waals surface area contributed by atoms with Crippen LogP contribution in [0.4, 0.5) is 5.69 Å². The first-order valence-electron chi connectivity index (χ1n) is 8.83. The summed E-state index contributed by atoms with van der Waals surface area (Å²) in [5.74, 6) is 0.620. The SMILES string of the molecule is CC(C)(C)c1noc(CCC(=O)NCCNS(=O)(=O)c2cccc([N+](=O)[O-])c2)n1. The van der Waals surface area contributed by atoms with Crippen molar-refractivity contribution in [2.24, 2.45) is 0 Å². The van der Waals surface area contributed by atoms with Crippen LogP contribution in [-0.2, 0) is 26.7 Å². The Bertz CT molecular complexity index is 980. The molecule has 0 unspecified atom stereocenters. The zero-order chi connectivity index (χ0) is 21.7. The minimum atomic E-state index is -3.92. The number of non-ortho nitro benzene ring substituents is 1. The molecule has 1 aromatic carbocycles. The van der Waals surface area contributed by atoms with Crippen LogP contribution in [0.3, 0.4) is 0 Å². The van der Waals surface area contributed by atoms with E-state index >= 15 is 0 Å². The van der Waals surface area contributed by atoms with E-state index < -0.39 is 14.9 Å². The molecule has 0 saturated heterocycles. The predicted octanol–water partition coefficient (Wildman–Crippen LogP) is 1.30. The van der Waals surface area contributed by atoms with Gasteiger partial charge in [0.1, 0.15) is 0 Å². The van der Waals surface area contributed by atoms with Gasteiger partial charge in [0.05, 0.1) is 9.82 Å². The van der Waals surface area contributed by atoms with Crippen LogP contribution in [-0.4, -0.2) is 42.5 Å². The number of nitrogens with zero attached hydrogens (tertiary/aromatic N) is 3. The zero-order valence-corrected chi connectivity index (χ0v) is 17.2. The number of carbonyl (C=O) groups excluding carboxylic acids is 1. The summed E-state index contributed by atoms with van der Waals surface area (Å²) in [6.07, 6.45) is 0.387. The molecule has 12 heteroatoms. The number of carbonyl (C=O) groups is 1. The second kappa shape index (κ2) is 9.09. The Morgan fingerprint density at radius 3 is 2.62 bits per heavy atom. The Labute approximate surface area is 168 Å². The number of amides is 1. The third-order valence-electron chi connectivity index (χ3n) is 3.78. The van der Waals surface area contributed by atoms with Gasteiger partial charge in [-0.05, 0) is 6.07 Å². The molecule has 1 amide bonds. The molecular formula is C17H23N5O6S. The number of rotatable bonds is 9. The average molecular weight is 425 g/mol. The van der Waals surface area contributed by atoms with Gasteiger partial charge < -0.3 is 9.84 Å². The van der Waals surface area contributed by atoms with Crippen LogP contribution in [0, 0.1) is 10.1 Å². The quantitative estimate of drug-likeness (QED) is 0.346. The smallest absolute Gasteiger partial charge is 0.270 e. The fraction of sp³-hybridized carbons (Fsp3) is 0.471. The van der Waals surface area contributed by atoms with E-state index in [4.69, 9.17) is 4.52 Å². The van der Waals surface area contributed by atoms with E-state index in [2.05, 4.69) is 20.2 Å². The minimum Gasteiger partial charge on any atom is -0.355 e. The number of aryl methyl sites for hydroxylation is 1. The van der Waals surface area contributed by atoms with E-state index in [-0.39, 0.29) is 47.8 Å². The standard InChI is InChI=1S/C17H23N5O6S/c1-17(2,3)16-20-15(28-21-16)8-7-14(23)18-9-10-19-29(26,27)13-6-4-5-12(11-13)22(24)25/h4-6,11,19H,7-10H2,1-3H3,(H,18,23). The van der Waals surface area contributed by atoms with Crippen molar-refractivity contribution >= 4 is 21.6 Å². The van der Waals surface area contributed by atoms with Gasteiger partial charge in [-0.3, -0.25) is 14.9 Å². The number of aromatic nitrogens is 2. The molecule has 0 bridgehead atoms. The van der Waals surface area contributed by atoms with Crippen molar-refractivity contribution in [3.8, 4) is 0 Å². The second-order valence-electron chi connectivity index (χ2n) is 7.26. The van der Waals surface area contributed by atoms with Crippen molar-refractivity contribution in [2.75, 3.05) is 13.1 Å². The van der Waals surface area contributed by atoms with E-state index in [1.54, 1.807) is 0 Å². The Morgan fingerprint density at radius 2 is 2.00 bits per heavy atom. The summed E-state index contributed by atoms with van der Waals surface area (Å²) in [5, 5.41) is 17.2. The molecule has 0 radical (unpaired) electrons. The molecule has 0 spiro atoms. The monoisotopic (exact) mass is 425 g/mol. The van der Waals surface area contributed by atoms with Gasteiger partial charge in [0.2, 0.25) is 21.8 Å². The number of nitrogens with one attached hydrogen (secondary N) is 2. The third-order valence-corrected chi connectivity index (χ3v) is 5.24. The molecule has 0 aliphatic rings. The van der Waals surface area contributed by atoms with Crippen LogP contribution < -0.4 is 10.0 Å². The Balaban J connectivity index is 1.76. The van der Waals surface area contributed by atoms with Crippen LogP contribution in [0.5, 0.6) is 0 Å². The molecule has 2 N–H and O–H groups in total. The van der Waals surface area contributed by atoms with Gasteiger partial charge in [-0.15, -0.1) is 0 Å². The molecule has 158 valence electrons. The second-order valence-corrected chi connectivity index (χ2v) is 9.03. The Hall–Kier alpha value is -2.86. The van der Waals surface area contributed by atoms with Crippen molar-refractivity contribution in [3.63, 3.8) is 0 Å². The molecule has 29 heavy (non-hydrogen) atoms. The molecule has 2 aromatic rings. The summed E-state index contributed by atoms with van der Waals surface area (Å²) in [5.41, 5.74) is -0.572. The summed E-state index contributed by atoms with van der Waals surface area (Å²) < 4.78 is 31.7. The molecule has 1 heterocycles. The van der Waals surface area contributed by atoms with E-state index in [1.807, 2.05) is 20.8 Å². The molecule has 0 aliphatic carbocycles. The van der Waals surface area contributed by atoms with Gasteiger partial charge in [-0.25, -0.2) is 13.1 Å². The Kier molecular flexibility index (Phi) is 7.03. The third kappa shape index (κ3) is 6.61. The van der Waals surface area contributed by atoms with Crippen molar-refractivity contribution < 1.29 is 22.7 Å². The van der Waals surface area contributed by atoms with Gasteiger partial charge in [0, 0.05) is 43.5 Å². The highest BCUT2D eigenvalue weighted by atomic mass is 32.2. The molecule has 0 fully saturated rings. The first-order valence-corrected chi connectivity index (χ1v) is 10.3. The van der Waals surface area contributed by atoms with Crippen LogP contribution in [0.1, 0.15) is 38.9 Å². The van der Waals surface area contributed by atoms with E-state index in [0.717, 1.165) is 6.07 Å². The van der Waals surface area contributed by atoms with Crippen molar-refractivity contribution in [1.29, 1.82) is 0 Å². The number of sulfonamides is 1. The maximum Gasteiger partial charge on any atom is 0.270 e. The van der Waals surface area contributed by atoms with Crippen LogP contribution in [0.25, 0.3) is 0 Å². The lowest BCUT2D eigenvalue weighted by Crippen LogP contribution is -2.34. The first-order chi connectivity index (χ1) is 13.5. The number of hydrogen-bond donors (Lipinski definition) is 2. The fourth-order valence-corrected chi connectivity index (χ4v) is 3.28. The lowest BCUT2D eigenvalue weighted by atomic mass is 9.96. The fourth-order valence-electron chi connectivity index (χ4n) is 2.20. The summed E-state index contributed by atoms with van der Waals surface area (Å²) in [7, 11) is -3.92. The van der Waals surface area contributed by atoms with Crippen molar-refractivity contribution in [2.45, 2.75) is 43.9 Å². The average Bonchev–Trinajstić information content (AvgIpc) is 3.13. The molecule has 2 rings (SSSR count). The van der Waals surface area contributed by atoms with Gasteiger partial charge in [-0.1, -0.05) is 32.0 Å². The molecule has 1 aromatic heterocycles. The maximum atomic E-state index is 12.2. The number of nitro benzene ring substituents is 1. The lowest BCUT2D eigenvalue weighted by molar-refractivity contribution is -0.385. The largest absolute Gasteiger partial charge is 0.355 e. The minimum absolute atomic E-state index is 0.0596. The first kappa shape index (κ1) is 22.4. The van der Waals surface area contributed by atoms with Gasteiger partial charge in [0.25, 0.3) is 5.69 Å². The molecule has 0 atom stereocenters. The lowest BCUT2D eigenvalue weighted by Gasteiger charge is -2.10. The molecular weight excluding hydrogens is 402 g/mol. The molecule has 11 nitrogen and oxygen atoms in total. The van der Waals surface area contributed by atoms with E-state index in [1.165, 1.54) is 18.2 Å². The predicted molar refractivity (Wildman–Crippen MR) is 103 cm³/mol. The van der Waals surface area contributed by atoms with Crippen molar-refractivity contribution in [1.82, 2.24) is 20.2 Å². The number of nitro groups is 1. The Morgan fingerprint density at radius 1 is 1.28 bits per heavy atom. The highest BCUT2D eigenvalue weighted by Gasteiger charge is 2.21. The van der Waals surface area contributed by atoms with Crippen LogP contribution in [0.2, 0.25) is 0 Å². The maximum absolute atomic E-state index is 12.2. The zero-order valence-electron chi connectivity index (χ0n) is 16.3.